The first-order chi connectivity index (χ1) is 13.1. The van der Waals surface area contributed by atoms with Crippen LogP contribution in [0.5, 0.6) is 0 Å². The fraction of sp³-hybridized carbons (Fsp3) is 0.737. The van der Waals surface area contributed by atoms with E-state index in [4.69, 9.17) is 5.11 Å². The number of hydrogen-bond donors (Lipinski definition) is 2. The number of thiazole rings is 1. The van der Waals surface area contributed by atoms with Crippen LogP contribution in [0, 0.1) is 0 Å². The summed E-state index contributed by atoms with van der Waals surface area (Å²) in [7, 11) is 0. The van der Waals surface area contributed by atoms with Gasteiger partial charge in [-0.05, 0) is 25.7 Å². The Morgan fingerprint density at radius 2 is 1.70 bits per heavy atom. The van der Waals surface area contributed by atoms with E-state index in [1.54, 1.807) is 6.20 Å². The number of carbonyl (C=O) groups excluding carboxylic acids is 1. The molecule has 0 saturated heterocycles. The summed E-state index contributed by atoms with van der Waals surface area (Å²) >= 11 is 2.90. The van der Waals surface area contributed by atoms with E-state index in [0.717, 1.165) is 29.9 Å². The summed E-state index contributed by atoms with van der Waals surface area (Å²) in [5, 5.41) is 12.4. The monoisotopic (exact) mass is 411 g/mol. The smallest absolute Gasteiger partial charge is 0.324 e. The fourth-order valence-electron chi connectivity index (χ4n) is 4.13. The molecule has 2 amide bonds. The van der Waals surface area contributed by atoms with E-state index in [1.807, 2.05) is 0 Å². The van der Waals surface area contributed by atoms with E-state index in [-0.39, 0.29) is 12.5 Å². The lowest BCUT2D eigenvalue weighted by molar-refractivity contribution is -0.136. The quantitative estimate of drug-likeness (QED) is 0.602. The minimum atomic E-state index is -0.795. The Kier molecular flexibility index (Phi) is 7.81. The number of thioether (sulfide) groups is 1. The number of nitrogens with one attached hydrogen (secondary N) is 1. The van der Waals surface area contributed by atoms with Gasteiger partial charge < -0.3 is 10.0 Å². The molecule has 0 spiro atoms. The second-order valence-corrected chi connectivity index (χ2v) is 9.82. The van der Waals surface area contributed by atoms with E-state index < -0.39 is 5.97 Å². The Bertz CT molecular complexity index is 607. The molecule has 1 heterocycles. The number of rotatable bonds is 7. The Hall–Kier alpha value is -1.28. The first-order valence-corrected chi connectivity index (χ1v) is 11.8. The van der Waals surface area contributed by atoms with Crippen molar-refractivity contribution in [3.63, 3.8) is 0 Å². The van der Waals surface area contributed by atoms with Gasteiger partial charge in [-0.25, -0.2) is 9.78 Å². The van der Waals surface area contributed by atoms with Gasteiger partial charge in [0.1, 0.15) is 0 Å². The van der Waals surface area contributed by atoms with Crippen molar-refractivity contribution < 1.29 is 14.7 Å². The van der Waals surface area contributed by atoms with Crippen LogP contribution in [0.15, 0.2) is 10.4 Å². The van der Waals surface area contributed by atoms with Gasteiger partial charge in [0.15, 0.2) is 5.13 Å². The number of carbonyl (C=O) groups is 2. The van der Waals surface area contributed by atoms with Gasteiger partial charge in [-0.1, -0.05) is 49.9 Å². The topological polar surface area (TPSA) is 82.5 Å². The van der Waals surface area contributed by atoms with Crippen molar-refractivity contribution in [2.75, 3.05) is 11.1 Å². The van der Waals surface area contributed by atoms with Gasteiger partial charge in [0.25, 0.3) is 0 Å². The van der Waals surface area contributed by atoms with Crippen molar-refractivity contribution in [3.8, 4) is 0 Å². The summed E-state index contributed by atoms with van der Waals surface area (Å²) in [6, 6.07) is 0.697. The van der Waals surface area contributed by atoms with Gasteiger partial charge in [0.2, 0.25) is 0 Å². The highest BCUT2D eigenvalue weighted by Crippen LogP contribution is 2.32. The van der Waals surface area contributed by atoms with Crippen molar-refractivity contribution >= 4 is 40.2 Å². The van der Waals surface area contributed by atoms with E-state index in [1.165, 1.54) is 61.6 Å². The van der Waals surface area contributed by atoms with Gasteiger partial charge in [-0.15, -0.1) is 11.8 Å². The SMILES string of the molecule is O=C(O)CCSc1cnc(NC(=O)N(C2CCCCC2)C2CCCCC2)s1. The van der Waals surface area contributed by atoms with Crippen LogP contribution in [0.1, 0.15) is 70.6 Å². The number of urea groups is 1. The molecule has 2 fully saturated rings. The number of carboxylic acid groups (broad SMARTS) is 1. The summed E-state index contributed by atoms with van der Waals surface area (Å²) in [4.78, 5) is 30.2. The van der Waals surface area contributed by atoms with Crippen LogP contribution in [-0.2, 0) is 4.79 Å². The average Bonchev–Trinajstić information content (AvgIpc) is 3.10. The molecule has 0 atom stereocenters. The molecule has 2 N–H and O–H groups in total. The second kappa shape index (κ2) is 10.3. The molecular formula is C19H29N3O3S2. The maximum absolute atomic E-state index is 13.1. The van der Waals surface area contributed by atoms with Crippen LogP contribution < -0.4 is 5.32 Å². The van der Waals surface area contributed by atoms with Gasteiger partial charge >= 0.3 is 12.0 Å². The number of hydrogen-bond acceptors (Lipinski definition) is 5. The molecule has 3 rings (SSSR count). The molecule has 0 aromatic carbocycles. The van der Waals surface area contributed by atoms with Gasteiger partial charge in [-0.3, -0.25) is 10.1 Å². The first kappa shape index (κ1) is 20.5. The molecule has 0 bridgehead atoms. The summed E-state index contributed by atoms with van der Waals surface area (Å²) in [6.45, 7) is 0. The zero-order chi connectivity index (χ0) is 19.1. The number of amides is 2. The summed E-state index contributed by atoms with van der Waals surface area (Å²) in [5.41, 5.74) is 0. The molecule has 2 aliphatic carbocycles. The highest BCUT2D eigenvalue weighted by atomic mass is 32.2. The van der Waals surface area contributed by atoms with Crippen LogP contribution in [0.3, 0.4) is 0 Å². The van der Waals surface area contributed by atoms with E-state index in [0.29, 0.717) is 23.0 Å². The molecule has 0 aliphatic heterocycles. The molecule has 1 aromatic heterocycles. The summed E-state index contributed by atoms with van der Waals surface area (Å²) in [5.74, 6) is -0.280. The molecule has 0 unspecified atom stereocenters. The normalized spacial score (nSPS) is 19.0. The summed E-state index contributed by atoms with van der Waals surface area (Å²) < 4.78 is 0.938. The van der Waals surface area contributed by atoms with Gasteiger partial charge in [0.05, 0.1) is 16.8 Å². The third kappa shape index (κ3) is 6.10. The highest BCUT2D eigenvalue weighted by molar-refractivity contribution is 8.01. The first-order valence-electron chi connectivity index (χ1n) is 10.0. The Balaban J connectivity index is 1.61. The van der Waals surface area contributed by atoms with Crippen LogP contribution in [0.25, 0.3) is 0 Å². The Labute approximate surface area is 169 Å². The maximum Gasteiger partial charge on any atom is 0.324 e. The molecule has 6 nitrogen and oxygen atoms in total. The zero-order valence-electron chi connectivity index (χ0n) is 15.7. The number of nitrogens with zero attached hydrogens (tertiary/aromatic N) is 2. The minimum absolute atomic E-state index is 0.00904. The Morgan fingerprint density at radius 3 is 2.26 bits per heavy atom. The van der Waals surface area contributed by atoms with Crippen molar-refractivity contribution in [2.45, 2.75) is 86.9 Å². The lowest BCUT2D eigenvalue weighted by Crippen LogP contribution is -2.50. The average molecular weight is 412 g/mol. The molecule has 0 radical (unpaired) electrons. The molecule has 2 saturated carbocycles. The Morgan fingerprint density at radius 1 is 1.11 bits per heavy atom. The molecular weight excluding hydrogens is 382 g/mol. The van der Waals surface area contributed by atoms with Crippen molar-refractivity contribution in [2.24, 2.45) is 0 Å². The zero-order valence-corrected chi connectivity index (χ0v) is 17.3. The molecule has 8 heteroatoms. The third-order valence-electron chi connectivity index (χ3n) is 5.43. The van der Waals surface area contributed by atoms with Crippen molar-refractivity contribution in [3.05, 3.63) is 6.20 Å². The molecule has 1 aromatic rings. The lowest BCUT2D eigenvalue weighted by atomic mass is 9.89. The minimum Gasteiger partial charge on any atom is -0.481 e. The lowest BCUT2D eigenvalue weighted by Gasteiger charge is -2.41. The third-order valence-corrected chi connectivity index (χ3v) is 7.54. The highest BCUT2D eigenvalue weighted by Gasteiger charge is 2.32. The molecule has 150 valence electrons. The van der Waals surface area contributed by atoms with Crippen LogP contribution in [0.2, 0.25) is 0 Å². The number of aromatic nitrogens is 1. The maximum atomic E-state index is 13.1. The largest absolute Gasteiger partial charge is 0.481 e. The van der Waals surface area contributed by atoms with E-state index in [2.05, 4.69) is 15.2 Å². The second-order valence-electron chi connectivity index (χ2n) is 7.40. The van der Waals surface area contributed by atoms with E-state index in [9.17, 15) is 9.59 Å². The van der Waals surface area contributed by atoms with Crippen LogP contribution in [-0.4, -0.2) is 44.8 Å². The molecule has 27 heavy (non-hydrogen) atoms. The number of aliphatic carboxylic acids is 1. The number of anilines is 1. The van der Waals surface area contributed by atoms with Crippen molar-refractivity contribution in [1.82, 2.24) is 9.88 Å². The van der Waals surface area contributed by atoms with Gasteiger partial charge in [0, 0.05) is 17.8 Å². The predicted molar refractivity (Wildman–Crippen MR) is 110 cm³/mol. The number of carboxylic acids is 1. The standard InChI is InChI=1S/C19H29N3O3S2/c23-16(24)11-12-26-17-13-20-18(27-17)21-19(25)22(14-7-3-1-4-8-14)15-9-5-2-6-10-15/h13-15H,1-12H2,(H,23,24)(H,20,21,25). The van der Waals surface area contributed by atoms with Gasteiger partial charge in [-0.2, -0.15) is 0 Å². The van der Waals surface area contributed by atoms with E-state index >= 15 is 0 Å². The van der Waals surface area contributed by atoms with Crippen molar-refractivity contribution in [1.29, 1.82) is 0 Å². The fourth-order valence-corrected chi connectivity index (χ4v) is 5.99. The molecule has 2 aliphatic rings. The van der Waals surface area contributed by atoms with Crippen LogP contribution in [0.4, 0.5) is 9.93 Å². The summed E-state index contributed by atoms with van der Waals surface area (Å²) in [6.07, 6.45) is 13.7. The predicted octanol–water partition coefficient (Wildman–Crippen LogP) is 5.21. The van der Waals surface area contributed by atoms with Crippen LogP contribution >= 0.6 is 23.1 Å².